The highest BCUT2D eigenvalue weighted by molar-refractivity contribution is 7.46. The Kier molecular flexibility index (Phi) is 16.8. The quantitative estimate of drug-likeness (QED) is 0.157. The monoisotopic (exact) mass is 393 g/mol. The Balaban J connectivity index is 3.79. The van der Waals surface area contributed by atoms with E-state index in [2.05, 4.69) is 12.2 Å². The van der Waals surface area contributed by atoms with E-state index in [0.29, 0.717) is 0 Å². The minimum atomic E-state index is -4.59. The standard InChI is InChI=1S/C19H40NO5P/c1-3-4-5-6-7-8-9-10-11-12-13-14-15-16-19(18(17-21)20-2)25-26(22,23)24/h15-16,18-21H,3-14,17H2,1-2H3,(H2,22,23,24)/b16-15+. The summed E-state index contributed by atoms with van der Waals surface area (Å²) in [5.74, 6) is 0. The number of hydrogen-bond acceptors (Lipinski definition) is 4. The van der Waals surface area contributed by atoms with Gasteiger partial charge >= 0.3 is 7.82 Å². The molecule has 0 rings (SSSR count). The number of aliphatic hydroxyl groups is 1. The molecule has 0 aliphatic heterocycles. The first-order valence-corrected chi connectivity index (χ1v) is 11.7. The molecule has 0 aromatic rings. The molecule has 4 N–H and O–H groups in total. The Morgan fingerprint density at radius 2 is 1.46 bits per heavy atom. The van der Waals surface area contributed by atoms with E-state index in [1.165, 1.54) is 64.2 Å². The zero-order valence-corrected chi connectivity index (χ0v) is 17.5. The van der Waals surface area contributed by atoms with Crippen LogP contribution in [0.4, 0.5) is 0 Å². The van der Waals surface area contributed by atoms with Crippen LogP contribution >= 0.6 is 7.82 Å². The maximum atomic E-state index is 11.0. The molecule has 0 saturated carbocycles. The van der Waals surface area contributed by atoms with Gasteiger partial charge in [-0.15, -0.1) is 0 Å². The third kappa shape index (κ3) is 16.0. The van der Waals surface area contributed by atoms with Crippen LogP contribution in [-0.2, 0) is 9.09 Å². The van der Waals surface area contributed by atoms with Crippen LogP contribution in [0.25, 0.3) is 0 Å². The van der Waals surface area contributed by atoms with Crippen LogP contribution in [0.2, 0.25) is 0 Å². The zero-order valence-electron chi connectivity index (χ0n) is 16.6. The number of allylic oxidation sites excluding steroid dienone is 1. The van der Waals surface area contributed by atoms with E-state index in [-0.39, 0.29) is 6.61 Å². The molecule has 0 aliphatic carbocycles. The van der Waals surface area contributed by atoms with E-state index in [1.807, 2.05) is 6.08 Å². The second kappa shape index (κ2) is 16.9. The van der Waals surface area contributed by atoms with Crippen molar-refractivity contribution < 1.29 is 24.0 Å². The van der Waals surface area contributed by atoms with Gasteiger partial charge in [0, 0.05) is 0 Å². The van der Waals surface area contributed by atoms with Gasteiger partial charge in [-0.3, -0.25) is 4.52 Å². The average molecular weight is 394 g/mol. The first-order valence-electron chi connectivity index (χ1n) is 10.1. The molecule has 7 heteroatoms. The second-order valence-electron chi connectivity index (χ2n) is 6.89. The minimum absolute atomic E-state index is 0.260. The number of unbranched alkanes of at least 4 members (excludes halogenated alkanes) is 11. The van der Waals surface area contributed by atoms with Crippen molar-refractivity contribution in [2.45, 2.75) is 96.1 Å². The van der Waals surface area contributed by atoms with Gasteiger partial charge in [0.1, 0.15) is 6.10 Å². The molecule has 2 atom stereocenters. The van der Waals surface area contributed by atoms with Crippen molar-refractivity contribution >= 4 is 7.82 Å². The predicted molar refractivity (Wildman–Crippen MR) is 107 cm³/mol. The van der Waals surface area contributed by atoms with Gasteiger partial charge in [-0.2, -0.15) is 0 Å². The summed E-state index contributed by atoms with van der Waals surface area (Å²) in [6.45, 7) is 1.98. The summed E-state index contributed by atoms with van der Waals surface area (Å²) in [6.07, 6.45) is 17.7. The fraction of sp³-hybridized carbons (Fsp3) is 0.895. The van der Waals surface area contributed by atoms with Crippen molar-refractivity contribution in [2.24, 2.45) is 0 Å². The minimum Gasteiger partial charge on any atom is -0.395 e. The Hall–Kier alpha value is -0.230. The molecule has 0 aliphatic rings. The maximum absolute atomic E-state index is 11.0. The number of rotatable bonds is 18. The van der Waals surface area contributed by atoms with Gasteiger partial charge in [0.25, 0.3) is 0 Å². The van der Waals surface area contributed by atoms with Crippen LogP contribution in [0.15, 0.2) is 12.2 Å². The number of nitrogens with one attached hydrogen (secondary N) is 1. The molecule has 2 unspecified atom stereocenters. The van der Waals surface area contributed by atoms with Crippen LogP contribution < -0.4 is 5.32 Å². The molecule has 0 heterocycles. The van der Waals surface area contributed by atoms with Gasteiger partial charge < -0.3 is 20.2 Å². The lowest BCUT2D eigenvalue weighted by atomic mass is 10.0. The Morgan fingerprint density at radius 1 is 0.962 bits per heavy atom. The van der Waals surface area contributed by atoms with E-state index >= 15 is 0 Å². The molecule has 0 bridgehead atoms. The van der Waals surface area contributed by atoms with E-state index in [0.717, 1.165) is 12.8 Å². The predicted octanol–water partition coefficient (Wildman–Crippen LogP) is 4.30. The maximum Gasteiger partial charge on any atom is 0.470 e. The van der Waals surface area contributed by atoms with Crippen LogP contribution in [-0.4, -0.2) is 40.7 Å². The SMILES string of the molecule is CCCCCCCCCCCCC/C=C/C(OP(=O)(O)O)C(CO)NC. The highest BCUT2D eigenvalue weighted by atomic mass is 31.2. The highest BCUT2D eigenvalue weighted by Gasteiger charge is 2.26. The molecule has 0 amide bonds. The highest BCUT2D eigenvalue weighted by Crippen LogP contribution is 2.38. The first-order chi connectivity index (χ1) is 12.4. The lowest BCUT2D eigenvalue weighted by Gasteiger charge is -2.22. The molecule has 6 nitrogen and oxygen atoms in total. The summed E-state index contributed by atoms with van der Waals surface area (Å²) in [7, 11) is -2.97. The Morgan fingerprint density at radius 3 is 1.88 bits per heavy atom. The number of phosphoric acid groups is 1. The molecule has 26 heavy (non-hydrogen) atoms. The van der Waals surface area contributed by atoms with Crippen LogP contribution in [0, 0.1) is 0 Å². The number of hydrogen-bond donors (Lipinski definition) is 4. The van der Waals surface area contributed by atoms with Gasteiger partial charge in [-0.25, -0.2) is 4.57 Å². The molecule has 0 saturated heterocycles. The molecule has 0 aromatic carbocycles. The number of aliphatic hydroxyl groups excluding tert-OH is 1. The van der Waals surface area contributed by atoms with Gasteiger partial charge in [0.15, 0.2) is 0 Å². The zero-order chi connectivity index (χ0) is 19.7. The summed E-state index contributed by atoms with van der Waals surface area (Å²) < 4.78 is 15.8. The summed E-state index contributed by atoms with van der Waals surface area (Å²) in [4.78, 5) is 18.0. The molecule has 156 valence electrons. The lowest BCUT2D eigenvalue weighted by molar-refractivity contribution is 0.108. The van der Waals surface area contributed by atoms with Crippen molar-refractivity contribution in [1.82, 2.24) is 5.32 Å². The third-order valence-corrected chi connectivity index (χ3v) is 5.04. The molecular formula is C19H40NO5P. The smallest absolute Gasteiger partial charge is 0.395 e. The molecule has 0 spiro atoms. The number of likely N-dealkylation sites (N-methyl/N-ethyl adjacent to an activating group) is 1. The van der Waals surface area contributed by atoms with Crippen molar-refractivity contribution in [1.29, 1.82) is 0 Å². The van der Waals surface area contributed by atoms with E-state index < -0.39 is 20.0 Å². The van der Waals surface area contributed by atoms with E-state index in [1.54, 1.807) is 13.1 Å². The number of phosphoric ester groups is 1. The summed E-state index contributed by atoms with van der Waals surface area (Å²) in [5, 5.41) is 12.1. The first kappa shape index (κ1) is 25.8. The van der Waals surface area contributed by atoms with Crippen molar-refractivity contribution in [3.8, 4) is 0 Å². The molecule has 0 aromatic heterocycles. The van der Waals surface area contributed by atoms with Crippen molar-refractivity contribution in [2.75, 3.05) is 13.7 Å². The fourth-order valence-electron chi connectivity index (χ4n) is 2.92. The molecular weight excluding hydrogens is 353 g/mol. The van der Waals surface area contributed by atoms with E-state index in [9.17, 15) is 9.67 Å². The summed E-state index contributed by atoms with van der Waals surface area (Å²) in [5.41, 5.74) is 0. The largest absolute Gasteiger partial charge is 0.470 e. The Bertz CT molecular complexity index is 382. The van der Waals surface area contributed by atoms with Gasteiger partial charge in [-0.05, 0) is 19.9 Å². The topological polar surface area (TPSA) is 99.0 Å². The van der Waals surface area contributed by atoms with Crippen molar-refractivity contribution in [3.05, 3.63) is 12.2 Å². The lowest BCUT2D eigenvalue weighted by Crippen LogP contribution is -2.40. The van der Waals surface area contributed by atoms with Crippen LogP contribution in [0.5, 0.6) is 0 Å². The van der Waals surface area contributed by atoms with Crippen LogP contribution in [0.3, 0.4) is 0 Å². The second-order valence-corrected chi connectivity index (χ2v) is 8.08. The Labute approximate surface area is 159 Å². The van der Waals surface area contributed by atoms with Crippen molar-refractivity contribution in [3.63, 3.8) is 0 Å². The van der Waals surface area contributed by atoms with Gasteiger partial charge in [0.05, 0.1) is 12.6 Å². The van der Waals surface area contributed by atoms with Gasteiger partial charge in [-0.1, -0.05) is 83.3 Å². The average Bonchev–Trinajstić information content (AvgIpc) is 2.58. The van der Waals surface area contributed by atoms with Crippen LogP contribution in [0.1, 0.15) is 84.0 Å². The molecule has 0 radical (unpaired) electrons. The third-order valence-electron chi connectivity index (χ3n) is 4.52. The van der Waals surface area contributed by atoms with E-state index in [4.69, 9.17) is 14.3 Å². The normalized spacial score (nSPS) is 14.8. The fourth-order valence-corrected chi connectivity index (χ4v) is 3.45. The summed E-state index contributed by atoms with van der Waals surface area (Å²) in [6, 6.07) is -0.545. The molecule has 0 fully saturated rings. The van der Waals surface area contributed by atoms with Gasteiger partial charge in [0.2, 0.25) is 0 Å². The summed E-state index contributed by atoms with van der Waals surface area (Å²) >= 11 is 0.